The fourth-order valence-corrected chi connectivity index (χ4v) is 8.15. The first-order valence-electron chi connectivity index (χ1n) is 13.8. The Kier molecular flexibility index (Phi) is 8.44. The van der Waals surface area contributed by atoms with Crippen molar-refractivity contribution in [1.29, 1.82) is 5.26 Å². The molecule has 0 radical (unpaired) electrons. The Hall–Kier alpha value is -2.38. The number of hydrogen-bond donors (Lipinski definition) is 1. The fourth-order valence-electron chi connectivity index (χ4n) is 5.86. The van der Waals surface area contributed by atoms with Gasteiger partial charge in [0, 0.05) is 24.1 Å². The van der Waals surface area contributed by atoms with Crippen LogP contribution < -0.4 is 4.72 Å². The lowest BCUT2D eigenvalue weighted by Gasteiger charge is -2.25. The first-order valence-corrected chi connectivity index (χ1v) is 16.3. The Bertz CT molecular complexity index is 1350. The highest BCUT2D eigenvalue weighted by Crippen LogP contribution is 2.46. The summed E-state index contributed by atoms with van der Waals surface area (Å²) >= 11 is 1.57. The minimum atomic E-state index is -3.34. The number of rotatable bonds is 10. The standard InChI is InChI=1S/C29H37N5O2S2/c1-20(2)8-9-21-10-11-22(18-23(21)19-30)28-31-32-29(37-28)26-7-5-6-25-24(26)12-13-27(25)33-38(35,36)17-16-34-14-3-4-15-34/h5-7,10-11,18,20,24,26-27,33H,3-4,8-9,12-17H2,1-2H3. The molecule has 5 rings (SSSR count). The number of sulfonamides is 1. The van der Waals surface area contributed by atoms with Crippen LogP contribution in [0.25, 0.3) is 10.6 Å². The van der Waals surface area contributed by atoms with Crippen LogP contribution in [0, 0.1) is 23.2 Å². The molecule has 2 aliphatic carbocycles. The molecule has 7 nitrogen and oxygen atoms in total. The molecule has 3 aliphatic rings. The SMILES string of the molecule is CC(C)CCc1ccc(-c2nnc(C3C=CC=C4C(NS(=O)(=O)CCN5CCCC5)CCC43)s2)cc1C#N. The highest BCUT2D eigenvalue weighted by molar-refractivity contribution is 7.89. The van der Waals surface area contributed by atoms with E-state index in [9.17, 15) is 13.7 Å². The number of hydrogen-bond acceptors (Lipinski definition) is 7. The van der Waals surface area contributed by atoms with Gasteiger partial charge in [0.2, 0.25) is 10.0 Å². The van der Waals surface area contributed by atoms with E-state index in [1.54, 1.807) is 11.3 Å². The van der Waals surface area contributed by atoms with E-state index in [2.05, 4.69) is 58.0 Å². The summed E-state index contributed by atoms with van der Waals surface area (Å²) < 4.78 is 28.7. The van der Waals surface area contributed by atoms with Crippen molar-refractivity contribution in [2.75, 3.05) is 25.4 Å². The highest BCUT2D eigenvalue weighted by Gasteiger charge is 2.39. The zero-order chi connectivity index (χ0) is 26.7. The molecule has 1 saturated carbocycles. The van der Waals surface area contributed by atoms with Crippen molar-refractivity contribution in [1.82, 2.24) is 19.8 Å². The maximum absolute atomic E-state index is 12.9. The van der Waals surface area contributed by atoms with Crippen LogP contribution in [0.4, 0.5) is 0 Å². The van der Waals surface area contributed by atoms with Gasteiger partial charge in [-0.2, -0.15) is 5.26 Å². The number of aryl methyl sites for hydroxylation is 1. The highest BCUT2D eigenvalue weighted by atomic mass is 32.2. The molecule has 1 saturated heterocycles. The van der Waals surface area contributed by atoms with Crippen LogP contribution in [0.1, 0.15) is 68.0 Å². The first kappa shape index (κ1) is 27.2. The number of allylic oxidation sites excluding steroid dienone is 3. The Balaban J connectivity index is 1.26. The van der Waals surface area contributed by atoms with Crippen molar-refractivity contribution >= 4 is 21.4 Å². The number of nitriles is 1. The van der Waals surface area contributed by atoms with E-state index in [1.807, 2.05) is 18.2 Å². The Labute approximate surface area is 230 Å². The average molecular weight is 552 g/mol. The third-order valence-electron chi connectivity index (χ3n) is 8.03. The van der Waals surface area contributed by atoms with Gasteiger partial charge >= 0.3 is 0 Å². The van der Waals surface area contributed by atoms with Crippen LogP contribution >= 0.6 is 11.3 Å². The van der Waals surface area contributed by atoms with E-state index < -0.39 is 10.0 Å². The number of fused-ring (bicyclic) bond motifs is 1. The van der Waals surface area contributed by atoms with Crippen molar-refractivity contribution in [2.45, 2.75) is 64.3 Å². The summed E-state index contributed by atoms with van der Waals surface area (Å²) in [5.74, 6) is 1.05. The summed E-state index contributed by atoms with van der Waals surface area (Å²) in [6, 6.07) is 8.24. The molecular weight excluding hydrogens is 514 g/mol. The van der Waals surface area contributed by atoms with Crippen LogP contribution in [-0.4, -0.2) is 54.9 Å². The minimum absolute atomic E-state index is 0.0844. The summed E-state index contributed by atoms with van der Waals surface area (Å²) in [5.41, 5.74) is 3.86. The van der Waals surface area contributed by atoms with Crippen molar-refractivity contribution in [2.24, 2.45) is 11.8 Å². The van der Waals surface area contributed by atoms with E-state index >= 15 is 0 Å². The van der Waals surface area contributed by atoms with Gasteiger partial charge in [0.15, 0.2) is 0 Å². The second-order valence-corrected chi connectivity index (χ2v) is 14.0. The maximum Gasteiger partial charge on any atom is 0.213 e. The van der Waals surface area contributed by atoms with Crippen LogP contribution in [0.2, 0.25) is 0 Å². The number of nitrogens with zero attached hydrogens (tertiary/aromatic N) is 4. The molecule has 9 heteroatoms. The second kappa shape index (κ2) is 11.8. The summed E-state index contributed by atoms with van der Waals surface area (Å²) in [6.45, 7) is 7.00. The monoisotopic (exact) mass is 551 g/mol. The molecule has 1 aromatic carbocycles. The maximum atomic E-state index is 12.9. The lowest BCUT2D eigenvalue weighted by atomic mass is 9.84. The van der Waals surface area contributed by atoms with Gasteiger partial charge < -0.3 is 4.90 Å². The van der Waals surface area contributed by atoms with Gasteiger partial charge in [0.05, 0.1) is 17.4 Å². The third kappa shape index (κ3) is 6.26. The van der Waals surface area contributed by atoms with Crippen LogP contribution in [0.3, 0.4) is 0 Å². The summed E-state index contributed by atoms with van der Waals surface area (Å²) in [5, 5.41) is 20.5. The largest absolute Gasteiger partial charge is 0.302 e. The Morgan fingerprint density at radius 1 is 1.21 bits per heavy atom. The van der Waals surface area contributed by atoms with Gasteiger partial charge in [-0.05, 0) is 80.7 Å². The number of nitrogens with one attached hydrogen (secondary N) is 1. The van der Waals surface area contributed by atoms with Crippen molar-refractivity contribution in [3.63, 3.8) is 0 Å². The summed E-state index contributed by atoms with van der Waals surface area (Å²) in [6.07, 6.45) is 12.3. The molecule has 2 aromatic rings. The topological polar surface area (TPSA) is 99.0 Å². The lowest BCUT2D eigenvalue weighted by molar-refractivity contribution is 0.358. The zero-order valence-corrected chi connectivity index (χ0v) is 23.9. The molecule has 0 bridgehead atoms. The normalized spacial score (nSPS) is 23.5. The van der Waals surface area contributed by atoms with E-state index in [4.69, 9.17) is 0 Å². The Morgan fingerprint density at radius 2 is 2.03 bits per heavy atom. The zero-order valence-electron chi connectivity index (χ0n) is 22.3. The minimum Gasteiger partial charge on any atom is -0.302 e. The molecule has 2 fully saturated rings. The molecule has 1 aromatic heterocycles. The van der Waals surface area contributed by atoms with E-state index in [-0.39, 0.29) is 23.6 Å². The van der Waals surface area contributed by atoms with Crippen molar-refractivity contribution in [3.8, 4) is 16.6 Å². The fraction of sp³-hybridized carbons (Fsp3) is 0.552. The molecule has 2 heterocycles. The number of aromatic nitrogens is 2. The molecule has 202 valence electrons. The van der Waals surface area contributed by atoms with Gasteiger partial charge in [-0.1, -0.05) is 55.5 Å². The molecule has 1 aliphatic heterocycles. The molecule has 3 atom stereocenters. The Morgan fingerprint density at radius 3 is 2.79 bits per heavy atom. The van der Waals surface area contributed by atoms with Crippen LogP contribution in [-0.2, 0) is 16.4 Å². The van der Waals surface area contributed by atoms with Gasteiger partial charge in [0.25, 0.3) is 0 Å². The summed E-state index contributed by atoms with van der Waals surface area (Å²) in [4.78, 5) is 2.24. The van der Waals surface area contributed by atoms with Crippen molar-refractivity contribution < 1.29 is 8.42 Å². The van der Waals surface area contributed by atoms with Crippen LogP contribution in [0.5, 0.6) is 0 Å². The van der Waals surface area contributed by atoms with Gasteiger partial charge in [-0.25, -0.2) is 13.1 Å². The molecule has 3 unspecified atom stereocenters. The van der Waals surface area contributed by atoms with Gasteiger partial charge in [-0.15, -0.1) is 10.2 Å². The molecule has 0 spiro atoms. The van der Waals surface area contributed by atoms with E-state index in [0.717, 1.165) is 78.3 Å². The van der Waals surface area contributed by atoms with E-state index in [0.29, 0.717) is 18.0 Å². The summed E-state index contributed by atoms with van der Waals surface area (Å²) in [7, 11) is -3.34. The van der Waals surface area contributed by atoms with Crippen LogP contribution in [0.15, 0.2) is 42.0 Å². The molecule has 1 N–H and O–H groups in total. The van der Waals surface area contributed by atoms with Crippen molar-refractivity contribution in [3.05, 3.63) is 58.1 Å². The molecular formula is C29H37N5O2S2. The van der Waals surface area contributed by atoms with Gasteiger partial charge in [-0.3, -0.25) is 0 Å². The predicted octanol–water partition coefficient (Wildman–Crippen LogP) is 5.04. The average Bonchev–Trinajstić information content (AvgIpc) is 3.68. The predicted molar refractivity (Wildman–Crippen MR) is 152 cm³/mol. The lowest BCUT2D eigenvalue weighted by Crippen LogP contribution is -2.39. The smallest absolute Gasteiger partial charge is 0.213 e. The quantitative estimate of drug-likeness (QED) is 0.444. The molecule has 38 heavy (non-hydrogen) atoms. The van der Waals surface area contributed by atoms with E-state index in [1.165, 1.54) is 0 Å². The number of likely N-dealkylation sites (tertiary alicyclic amines) is 1. The third-order valence-corrected chi connectivity index (χ3v) is 10.5. The first-order chi connectivity index (χ1) is 18.3. The molecule has 0 amide bonds. The van der Waals surface area contributed by atoms with Gasteiger partial charge in [0.1, 0.15) is 10.0 Å². The number of benzene rings is 1. The second-order valence-electron chi connectivity index (χ2n) is 11.2.